The Morgan fingerprint density at radius 3 is 2.62 bits per heavy atom. The van der Waals surface area contributed by atoms with Crippen molar-refractivity contribution in [1.29, 1.82) is 0 Å². The normalized spacial score (nSPS) is 26.4. The molecule has 1 aliphatic carbocycles. The molecular formula is C24H31N5O5. The Kier molecular flexibility index (Phi) is 5.93. The van der Waals surface area contributed by atoms with Crippen LogP contribution in [0, 0.1) is 0 Å². The molecule has 0 spiro atoms. The van der Waals surface area contributed by atoms with Crippen molar-refractivity contribution < 1.29 is 23.6 Å². The van der Waals surface area contributed by atoms with E-state index < -0.39 is 11.7 Å². The lowest BCUT2D eigenvalue weighted by Gasteiger charge is -2.34. The Bertz CT molecular complexity index is 1030. The summed E-state index contributed by atoms with van der Waals surface area (Å²) in [4.78, 5) is 32.6. The maximum atomic E-state index is 13.0. The summed E-state index contributed by atoms with van der Waals surface area (Å²) in [5.41, 5.74) is 0.493. The predicted molar refractivity (Wildman–Crippen MR) is 120 cm³/mol. The van der Waals surface area contributed by atoms with Crippen LogP contribution in [0.2, 0.25) is 0 Å². The van der Waals surface area contributed by atoms with Crippen LogP contribution in [0.25, 0.3) is 0 Å². The second kappa shape index (κ2) is 8.90. The highest BCUT2D eigenvalue weighted by Gasteiger charge is 2.48. The van der Waals surface area contributed by atoms with Gasteiger partial charge in [0.2, 0.25) is 11.8 Å². The number of nitrogens with one attached hydrogen (secondary N) is 1. The van der Waals surface area contributed by atoms with E-state index in [1.165, 1.54) is 5.06 Å². The topological polar surface area (TPSA) is 110 Å². The van der Waals surface area contributed by atoms with Crippen molar-refractivity contribution in [2.75, 3.05) is 6.54 Å². The van der Waals surface area contributed by atoms with Crippen LogP contribution in [0.3, 0.4) is 0 Å². The predicted octanol–water partition coefficient (Wildman–Crippen LogP) is 3.91. The van der Waals surface area contributed by atoms with Crippen LogP contribution in [-0.2, 0) is 16.2 Å². The van der Waals surface area contributed by atoms with Gasteiger partial charge in [0.05, 0.1) is 6.04 Å². The van der Waals surface area contributed by atoms with E-state index >= 15 is 0 Å². The second-order valence-electron chi connectivity index (χ2n) is 10.3. The second-order valence-corrected chi connectivity index (χ2v) is 10.3. The maximum Gasteiger partial charge on any atom is 0.407 e. The number of fused-ring (bicyclic) bond motifs is 2. The molecule has 3 heterocycles. The number of aromatic nitrogens is 2. The Hall–Kier alpha value is -3.14. The first-order chi connectivity index (χ1) is 16.3. The molecule has 5 rings (SSSR count). The number of carbonyl (C=O) groups is 2. The van der Waals surface area contributed by atoms with E-state index in [-0.39, 0.29) is 30.1 Å². The minimum atomic E-state index is -0.525. The zero-order valence-electron chi connectivity index (χ0n) is 19.8. The number of hydrogen-bond acceptors (Lipinski definition) is 7. The average molecular weight is 470 g/mol. The molecule has 1 aromatic heterocycles. The number of hydrogen-bond donors (Lipinski definition) is 1. The van der Waals surface area contributed by atoms with Crippen molar-refractivity contribution in [2.45, 2.75) is 82.7 Å². The Morgan fingerprint density at radius 2 is 1.88 bits per heavy atom. The minimum absolute atomic E-state index is 0.0288. The van der Waals surface area contributed by atoms with Gasteiger partial charge >= 0.3 is 12.1 Å². The van der Waals surface area contributed by atoms with Gasteiger partial charge in [-0.3, -0.25) is 4.84 Å². The Morgan fingerprint density at radius 1 is 1.15 bits per heavy atom. The zero-order chi connectivity index (χ0) is 23.9. The Labute approximate surface area is 198 Å². The number of urea groups is 1. The van der Waals surface area contributed by atoms with E-state index in [0.717, 1.165) is 31.2 Å². The largest absolute Gasteiger partial charge is 0.444 e. The van der Waals surface area contributed by atoms with E-state index in [4.69, 9.17) is 14.0 Å². The van der Waals surface area contributed by atoms with Crippen molar-refractivity contribution in [3.63, 3.8) is 0 Å². The van der Waals surface area contributed by atoms with Gasteiger partial charge in [0, 0.05) is 18.5 Å². The summed E-state index contributed by atoms with van der Waals surface area (Å²) in [5.74, 6) is 1.12. The first kappa shape index (κ1) is 22.6. The number of rotatable bonds is 6. The first-order valence-electron chi connectivity index (χ1n) is 11.9. The van der Waals surface area contributed by atoms with E-state index in [2.05, 4.69) is 15.5 Å². The molecule has 2 saturated heterocycles. The highest BCUT2D eigenvalue weighted by Crippen LogP contribution is 2.41. The number of benzene rings is 1. The molecule has 2 bridgehead atoms. The number of amides is 3. The molecule has 2 atom stereocenters. The molecule has 2 aromatic rings. The van der Waals surface area contributed by atoms with Gasteiger partial charge in [-0.15, -0.1) is 10.2 Å². The number of piperidine rings is 1. The van der Waals surface area contributed by atoms with Gasteiger partial charge in [-0.1, -0.05) is 30.3 Å². The fraction of sp³-hybridized carbons (Fsp3) is 0.583. The van der Waals surface area contributed by atoms with E-state index in [9.17, 15) is 9.59 Å². The standard InChI is InChI=1S/C24H31N5O5/c1-24(2,3)34-22(30)25-17-11-16(12-17)20-26-27-21(33-20)19-10-9-18-13-28(19)23(31)29(18)32-14-15-7-5-4-6-8-15/h4-8,16-19H,9-14H2,1-3H3,(H,25,30)/t16?,17?,18-,19+/m1/s1. The molecule has 0 unspecified atom stereocenters. The van der Waals surface area contributed by atoms with Crippen LogP contribution in [0.15, 0.2) is 34.7 Å². The molecule has 3 amide bonds. The number of carbonyl (C=O) groups excluding carboxylic acids is 2. The Balaban J connectivity index is 1.15. The maximum absolute atomic E-state index is 13.0. The summed E-state index contributed by atoms with van der Waals surface area (Å²) in [6.45, 7) is 6.45. The van der Waals surface area contributed by atoms with Crippen LogP contribution < -0.4 is 5.32 Å². The van der Waals surface area contributed by atoms with Crippen molar-refractivity contribution in [2.24, 2.45) is 0 Å². The monoisotopic (exact) mass is 469 g/mol. The van der Waals surface area contributed by atoms with Crippen molar-refractivity contribution in [3.05, 3.63) is 47.7 Å². The van der Waals surface area contributed by atoms with Gasteiger partial charge in [-0.2, -0.15) is 5.06 Å². The molecule has 10 heteroatoms. The molecule has 10 nitrogen and oxygen atoms in total. The third-order valence-electron chi connectivity index (χ3n) is 6.49. The smallest absolute Gasteiger partial charge is 0.407 e. The fourth-order valence-corrected chi connectivity index (χ4v) is 4.73. The first-order valence-corrected chi connectivity index (χ1v) is 11.9. The fourth-order valence-electron chi connectivity index (χ4n) is 4.73. The molecule has 3 fully saturated rings. The molecular weight excluding hydrogens is 438 g/mol. The average Bonchev–Trinajstić information content (AvgIpc) is 3.33. The molecule has 3 aliphatic rings. The van der Waals surface area contributed by atoms with Gasteiger partial charge in [0.25, 0.3) is 0 Å². The van der Waals surface area contributed by atoms with Gasteiger partial charge in [0.1, 0.15) is 18.2 Å². The summed E-state index contributed by atoms with van der Waals surface area (Å²) in [5, 5.41) is 12.9. The summed E-state index contributed by atoms with van der Waals surface area (Å²) in [6, 6.07) is 9.46. The lowest BCUT2D eigenvalue weighted by molar-refractivity contribution is -0.140. The summed E-state index contributed by atoms with van der Waals surface area (Å²) in [7, 11) is 0. The lowest BCUT2D eigenvalue weighted by atomic mass is 9.80. The van der Waals surface area contributed by atoms with Crippen molar-refractivity contribution >= 4 is 12.1 Å². The molecule has 182 valence electrons. The van der Waals surface area contributed by atoms with Crippen LogP contribution in [-0.4, -0.2) is 56.5 Å². The van der Waals surface area contributed by atoms with Crippen molar-refractivity contribution in [1.82, 2.24) is 25.5 Å². The lowest BCUT2D eigenvalue weighted by Crippen LogP contribution is -2.45. The number of ether oxygens (including phenoxy) is 1. The zero-order valence-corrected chi connectivity index (χ0v) is 19.8. The highest BCUT2D eigenvalue weighted by molar-refractivity contribution is 5.77. The summed E-state index contributed by atoms with van der Waals surface area (Å²) in [6.07, 6.45) is 2.58. The molecule has 34 heavy (non-hydrogen) atoms. The quantitative estimate of drug-likeness (QED) is 0.683. The van der Waals surface area contributed by atoms with Crippen LogP contribution >= 0.6 is 0 Å². The van der Waals surface area contributed by atoms with Crippen LogP contribution in [0.1, 0.15) is 75.8 Å². The molecule has 1 N–H and O–H groups in total. The third-order valence-corrected chi connectivity index (χ3v) is 6.49. The van der Waals surface area contributed by atoms with Crippen molar-refractivity contribution in [3.8, 4) is 0 Å². The molecule has 2 aliphatic heterocycles. The number of alkyl carbamates (subject to hydrolysis) is 1. The van der Waals surface area contributed by atoms with Gasteiger partial charge < -0.3 is 19.4 Å². The van der Waals surface area contributed by atoms with Gasteiger partial charge in [0.15, 0.2) is 0 Å². The van der Waals surface area contributed by atoms with Gasteiger partial charge in [-0.05, 0) is 52.0 Å². The molecule has 1 aromatic carbocycles. The van der Waals surface area contributed by atoms with Gasteiger partial charge in [-0.25, -0.2) is 9.59 Å². The van der Waals surface area contributed by atoms with Crippen LogP contribution in [0.4, 0.5) is 9.59 Å². The SMILES string of the molecule is CC(C)(C)OC(=O)NC1CC(c2nnc([C@@H]3CC[C@@H]4CN3C(=O)N4OCc3ccccc3)o2)C1. The number of nitrogens with zero attached hydrogens (tertiary/aromatic N) is 4. The molecule has 1 saturated carbocycles. The highest BCUT2D eigenvalue weighted by atomic mass is 16.7. The summed E-state index contributed by atoms with van der Waals surface area (Å²) < 4.78 is 11.3. The third kappa shape index (κ3) is 4.72. The van der Waals surface area contributed by atoms with E-state index in [0.29, 0.717) is 24.9 Å². The van der Waals surface area contributed by atoms with Crippen LogP contribution in [0.5, 0.6) is 0 Å². The summed E-state index contributed by atoms with van der Waals surface area (Å²) >= 11 is 0. The van der Waals surface area contributed by atoms with E-state index in [1.807, 2.05) is 51.1 Å². The number of hydroxylamine groups is 2. The van der Waals surface area contributed by atoms with E-state index in [1.54, 1.807) is 4.90 Å². The molecule has 0 radical (unpaired) electrons. The minimum Gasteiger partial charge on any atom is -0.444 e.